The molecule has 1 aromatic carbocycles. The molecule has 3 aromatic heterocycles. The Morgan fingerprint density at radius 3 is 2.73 bits per heavy atom. The maximum absolute atomic E-state index is 12.5. The first-order valence-electron chi connectivity index (χ1n) is 10.7. The minimum atomic E-state index is -0.288. The number of nitrogens with one attached hydrogen (secondary N) is 1. The van der Waals surface area contributed by atoms with E-state index >= 15 is 0 Å². The molecule has 0 bridgehead atoms. The first-order chi connectivity index (χ1) is 15.8. The van der Waals surface area contributed by atoms with Gasteiger partial charge in [0.2, 0.25) is 5.91 Å². The number of aryl methyl sites for hydroxylation is 1. The number of rotatable bonds is 7. The SMILES string of the molecule is Cc1nn(CC(C)C)c(Cl)c1/C=C/C(=O)Nc1cccc(Cn2nc3ccccn3c2=O)c1. The first-order valence-corrected chi connectivity index (χ1v) is 11.0. The summed E-state index contributed by atoms with van der Waals surface area (Å²) in [5.74, 6) is 0.120. The second-order valence-corrected chi connectivity index (χ2v) is 8.62. The maximum Gasteiger partial charge on any atom is 0.350 e. The molecule has 8 nitrogen and oxygen atoms in total. The van der Waals surface area contributed by atoms with Gasteiger partial charge in [-0.3, -0.25) is 13.9 Å². The van der Waals surface area contributed by atoms with E-state index in [0.717, 1.165) is 16.8 Å². The Morgan fingerprint density at radius 2 is 1.97 bits per heavy atom. The number of carbonyl (C=O) groups is 1. The summed E-state index contributed by atoms with van der Waals surface area (Å²) in [7, 11) is 0. The third kappa shape index (κ3) is 5.06. The minimum absolute atomic E-state index is 0.215. The summed E-state index contributed by atoms with van der Waals surface area (Å²) in [6.07, 6.45) is 4.80. The molecule has 1 N–H and O–H groups in total. The van der Waals surface area contributed by atoms with Crippen LogP contribution in [0.3, 0.4) is 0 Å². The summed E-state index contributed by atoms with van der Waals surface area (Å²) in [6.45, 7) is 7.06. The Balaban J connectivity index is 1.46. The lowest BCUT2D eigenvalue weighted by Crippen LogP contribution is -2.21. The summed E-state index contributed by atoms with van der Waals surface area (Å²) in [5, 5.41) is 12.2. The Kier molecular flexibility index (Phi) is 6.46. The number of hydrogen-bond donors (Lipinski definition) is 1. The predicted molar refractivity (Wildman–Crippen MR) is 129 cm³/mol. The second-order valence-electron chi connectivity index (χ2n) is 8.26. The van der Waals surface area contributed by atoms with Crippen LogP contribution in [0, 0.1) is 12.8 Å². The van der Waals surface area contributed by atoms with Crippen molar-refractivity contribution in [2.24, 2.45) is 5.92 Å². The molecule has 0 aliphatic heterocycles. The Labute approximate surface area is 196 Å². The van der Waals surface area contributed by atoms with Gasteiger partial charge in [-0.2, -0.15) is 5.10 Å². The van der Waals surface area contributed by atoms with Gasteiger partial charge in [-0.15, -0.1) is 5.10 Å². The highest BCUT2D eigenvalue weighted by Gasteiger charge is 2.12. The van der Waals surface area contributed by atoms with Crippen molar-refractivity contribution in [2.45, 2.75) is 33.9 Å². The number of carbonyl (C=O) groups excluding carboxylic acids is 1. The number of halogens is 1. The zero-order valence-electron chi connectivity index (χ0n) is 18.7. The van der Waals surface area contributed by atoms with Gasteiger partial charge in [0, 0.05) is 30.1 Å². The number of benzene rings is 1. The summed E-state index contributed by atoms with van der Waals surface area (Å²) >= 11 is 6.44. The standard InChI is InChI=1S/C24H25ClN6O2/c1-16(2)14-30-23(25)20(17(3)27-30)10-11-22(32)26-19-8-6-7-18(13-19)15-31-24(33)29-12-5-4-9-21(29)28-31/h4-13,16H,14-15H2,1-3H3,(H,26,32)/b11-10+. The highest BCUT2D eigenvalue weighted by molar-refractivity contribution is 6.31. The van der Waals surface area contributed by atoms with E-state index in [1.807, 2.05) is 31.2 Å². The van der Waals surface area contributed by atoms with Crippen molar-refractivity contribution < 1.29 is 4.79 Å². The van der Waals surface area contributed by atoms with E-state index in [1.54, 1.807) is 35.2 Å². The van der Waals surface area contributed by atoms with Crippen LogP contribution in [-0.2, 0) is 17.9 Å². The quantitative estimate of drug-likeness (QED) is 0.419. The molecule has 0 unspecified atom stereocenters. The molecular weight excluding hydrogens is 440 g/mol. The summed E-state index contributed by atoms with van der Waals surface area (Å²) in [4.78, 5) is 25.0. The molecule has 1 amide bonds. The Hall–Kier alpha value is -3.65. The van der Waals surface area contributed by atoms with E-state index in [9.17, 15) is 9.59 Å². The van der Waals surface area contributed by atoms with Crippen molar-refractivity contribution in [1.29, 1.82) is 0 Å². The molecule has 0 atom stereocenters. The highest BCUT2D eigenvalue weighted by atomic mass is 35.5. The van der Waals surface area contributed by atoms with Crippen molar-refractivity contribution in [3.63, 3.8) is 0 Å². The molecule has 0 saturated heterocycles. The topological polar surface area (TPSA) is 86.2 Å². The molecule has 3 heterocycles. The monoisotopic (exact) mass is 464 g/mol. The fourth-order valence-corrected chi connectivity index (χ4v) is 3.86. The number of aromatic nitrogens is 5. The number of fused-ring (bicyclic) bond motifs is 1. The summed E-state index contributed by atoms with van der Waals surface area (Å²) in [6, 6.07) is 12.7. The summed E-state index contributed by atoms with van der Waals surface area (Å²) < 4.78 is 4.65. The molecule has 0 saturated carbocycles. The minimum Gasteiger partial charge on any atom is -0.323 e. The van der Waals surface area contributed by atoms with Gasteiger partial charge in [0.1, 0.15) is 5.15 Å². The van der Waals surface area contributed by atoms with E-state index in [0.29, 0.717) is 35.5 Å². The van der Waals surface area contributed by atoms with E-state index in [-0.39, 0.29) is 11.6 Å². The van der Waals surface area contributed by atoms with E-state index in [2.05, 4.69) is 29.4 Å². The van der Waals surface area contributed by atoms with Gasteiger partial charge in [0.15, 0.2) is 5.65 Å². The van der Waals surface area contributed by atoms with Gasteiger partial charge in [-0.1, -0.05) is 43.6 Å². The van der Waals surface area contributed by atoms with Crippen LogP contribution in [-0.4, -0.2) is 29.9 Å². The van der Waals surface area contributed by atoms with Crippen LogP contribution in [0.2, 0.25) is 5.15 Å². The molecule has 33 heavy (non-hydrogen) atoms. The zero-order valence-corrected chi connectivity index (χ0v) is 19.5. The third-order valence-corrected chi connectivity index (χ3v) is 5.46. The highest BCUT2D eigenvalue weighted by Crippen LogP contribution is 2.22. The molecule has 0 fully saturated rings. The largest absolute Gasteiger partial charge is 0.350 e. The second kappa shape index (κ2) is 9.46. The molecule has 170 valence electrons. The fraction of sp³-hybridized carbons (Fsp3) is 0.250. The number of anilines is 1. The number of pyridine rings is 1. The third-order valence-electron chi connectivity index (χ3n) is 5.06. The average molecular weight is 465 g/mol. The van der Waals surface area contributed by atoms with Crippen LogP contribution in [0.5, 0.6) is 0 Å². The molecule has 0 spiro atoms. The van der Waals surface area contributed by atoms with Gasteiger partial charge in [-0.05, 0) is 48.7 Å². The van der Waals surface area contributed by atoms with Crippen LogP contribution in [0.1, 0.15) is 30.7 Å². The van der Waals surface area contributed by atoms with Gasteiger partial charge >= 0.3 is 5.69 Å². The van der Waals surface area contributed by atoms with E-state index in [1.165, 1.54) is 15.2 Å². The van der Waals surface area contributed by atoms with Crippen molar-refractivity contribution in [2.75, 3.05) is 5.32 Å². The average Bonchev–Trinajstić information content (AvgIpc) is 3.22. The van der Waals surface area contributed by atoms with Crippen molar-refractivity contribution in [3.8, 4) is 0 Å². The summed E-state index contributed by atoms with van der Waals surface area (Å²) in [5.41, 5.74) is 3.33. The van der Waals surface area contributed by atoms with Crippen LogP contribution in [0.4, 0.5) is 5.69 Å². The fourth-order valence-electron chi connectivity index (χ4n) is 3.56. The Morgan fingerprint density at radius 1 is 1.15 bits per heavy atom. The molecule has 9 heteroatoms. The van der Waals surface area contributed by atoms with Gasteiger partial charge in [0.25, 0.3) is 0 Å². The maximum atomic E-state index is 12.5. The molecule has 4 aromatic rings. The van der Waals surface area contributed by atoms with E-state index < -0.39 is 0 Å². The van der Waals surface area contributed by atoms with Gasteiger partial charge in [-0.25, -0.2) is 9.48 Å². The smallest absolute Gasteiger partial charge is 0.323 e. The van der Waals surface area contributed by atoms with Crippen LogP contribution in [0.15, 0.2) is 59.5 Å². The molecular formula is C24H25ClN6O2. The van der Waals surface area contributed by atoms with Gasteiger partial charge in [0.05, 0.1) is 12.2 Å². The lowest BCUT2D eigenvalue weighted by atomic mass is 10.2. The normalized spacial score (nSPS) is 11.7. The van der Waals surface area contributed by atoms with Crippen LogP contribution >= 0.6 is 11.6 Å². The number of hydrogen-bond acceptors (Lipinski definition) is 4. The lowest BCUT2D eigenvalue weighted by molar-refractivity contribution is -0.111. The molecule has 0 aliphatic rings. The molecule has 0 aliphatic carbocycles. The number of nitrogens with zero attached hydrogens (tertiary/aromatic N) is 5. The predicted octanol–water partition coefficient (Wildman–Crippen LogP) is 4.01. The molecule has 4 rings (SSSR count). The van der Waals surface area contributed by atoms with Crippen LogP contribution < -0.4 is 11.0 Å². The van der Waals surface area contributed by atoms with Crippen LogP contribution in [0.25, 0.3) is 11.7 Å². The van der Waals surface area contributed by atoms with Crippen molar-refractivity contribution in [3.05, 3.63) is 87.2 Å². The van der Waals surface area contributed by atoms with E-state index in [4.69, 9.17) is 11.6 Å². The first kappa shape index (κ1) is 22.5. The number of amides is 1. The lowest BCUT2D eigenvalue weighted by Gasteiger charge is -2.06. The van der Waals surface area contributed by atoms with Crippen molar-refractivity contribution in [1.82, 2.24) is 24.0 Å². The van der Waals surface area contributed by atoms with Gasteiger partial charge < -0.3 is 5.32 Å². The Bertz CT molecular complexity index is 1400. The van der Waals surface area contributed by atoms with Crippen molar-refractivity contribution >= 4 is 34.9 Å². The zero-order chi connectivity index (χ0) is 23.5. The molecule has 0 radical (unpaired) electrons.